The van der Waals surface area contributed by atoms with Crippen LogP contribution >= 0.6 is 0 Å². The number of nitrogens with zero attached hydrogens (tertiary/aromatic N) is 1. The van der Waals surface area contributed by atoms with Crippen LogP contribution in [0, 0.1) is 11.8 Å². The van der Waals surface area contributed by atoms with Crippen LogP contribution in [-0.4, -0.2) is 58.9 Å². The Bertz CT molecular complexity index is 1560. The van der Waals surface area contributed by atoms with Crippen molar-refractivity contribution in [1.82, 2.24) is 16.0 Å². The van der Waals surface area contributed by atoms with Crippen molar-refractivity contribution in [2.75, 3.05) is 0 Å². The SMILES string of the molecule is CC(C)C(NC(=O)C(Cc1ccccc1)CC(O)C(Cc1ccccc1)NC(=O)OC(C)(C)C)C(=O)N/C(N)=N/C(=O)OCc1ccccc1. The van der Waals surface area contributed by atoms with Crippen LogP contribution in [0.4, 0.5) is 9.59 Å². The van der Waals surface area contributed by atoms with Crippen LogP contribution < -0.4 is 21.7 Å². The van der Waals surface area contributed by atoms with Crippen LogP contribution in [0.3, 0.4) is 0 Å². The van der Waals surface area contributed by atoms with E-state index < -0.39 is 65.6 Å². The molecule has 6 N–H and O–H groups in total. The molecule has 0 radical (unpaired) electrons. The van der Waals surface area contributed by atoms with Crippen molar-refractivity contribution in [2.24, 2.45) is 22.6 Å². The number of carbonyl (C=O) groups is 4. The molecule has 0 aliphatic heterocycles. The van der Waals surface area contributed by atoms with Gasteiger partial charge in [-0.15, -0.1) is 4.99 Å². The Kier molecular flexibility index (Phi) is 15.0. The summed E-state index contributed by atoms with van der Waals surface area (Å²) in [6, 6.07) is 25.8. The molecule has 4 unspecified atom stereocenters. The predicted molar refractivity (Wildman–Crippen MR) is 191 cm³/mol. The van der Waals surface area contributed by atoms with Gasteiger partial charge in [0.2, 0.25) is 17.8 Å². The van der Waals surface area contributed by atoms with Crippen molar-refractivity contribution in [2.45, 2.75) is 84.3 Å². The van der Waals surface area contributed by atoms with E-state index in [0.29, 0.717) is 0 Å². The summed E-state index contributed by atoms with van der Waals surface area (Å²) in [5.74, 6) is -2.85. The number of benzene rings is 3. The van der Waals surface area contributed by atoms with Crippen LogP contribution in [0.1, 0.15) is 57.7 Å². The summed E-state index contributed by atoms with van der Waals surface area (Å²) in [7, 11) is 0. The molecule has 0 aromatic heterocycles. The lowest BCUT2D eigenvalue weighted by Gasteiger charge is -2.30. The van der Waals surface area contributed by atoms with Gasteiger partial charge in [0.15, 0.2) is 0 Å². The molecule has 4 amide bonds. The lowest BCUT2D eigenvalue weighted by atomic mass is 9.88. The molecule has 12 heteroatoms. The van der Waals surface area contributed by atoms with E-state index in [2.05, 4.69) is 20.9 Å². The van der Waals surface area contributed by atoms with E-state index in [9.17, 15) is 24.3 Å². The Morgan fingerprint density at radius 3 is 1.82 bits per heavy atom. The number of hydrogen-bond acceptors (Lipinski definition) is 7. The van der Waals surface area contributed by atoms with Gasteiger partial charge in [0.25, 0.3) is 0 Å². The Hall–Kier alpha value is -5.23. The summed E-state index contributed by atoms with van der Waals surface area (Å²) in [6.45, 7) is 8.69. The van der Waals surface area contributed by atoms with Crippen molar-refractivity contribution in [3.05, 3.63) is 108 Å². The maximum Gasteiger partial charge on any atom is 0.437 e. The molecular formula is C38H49N5O7. The molecule has 268 valence electrons. The zero-order valence-electron chi connectivity index (χ0n) is 29.3. The number of aliphatic hydroxyl groups excluding tert-OH is 1. The summed E-state index contributed by atoms with van der Waals surface area (Å²) < 4.78 is 10.6. The molecule has 0 aliphatic carbocycles. The number of ether oxygens (including phenoxy) is 2. The summed E-state index contributed by atoms with van der Waals surface area (Å²) in [4.78, 5) is 55.8. The number of amides is 4. The standard InChI is InChI=1S/C38H49N5O7/c1-25(2)32(34(46)42-35(39)43-36(47)49-24-28-19-13-8-14-20-28)41-33(45)29(21-26-15-9-6-10-16-26)23-31(44)30(22-27-17-11-7-12-18-27)40-37(48)50-38(3,4)5/h6-20,25,29-32,44H,21-24H2,1-5H3,(H,40,48)(H,41,45)(H3,39,42,43,46,47). The van der Waals surface area contributed by atoms with E-state index in [4.69, 9.17) is 15.2 Å². The zero-order valence-corrected chi connectivity index (χ0v) is 29.3. The third-order valence-electron chi connectivity index (χ3n) is 7.60. The van der Waals surface area contributed by atoms with Gasteiger partial charge in [-0.2, -0.15) is 0 Å². The van der Waals surface area contributed by atoms with Gasteiger partial charge in [-0.05, 0) is 62.6 Å². The Balaban J connectivity index is 1.76. The van der Waals surface area contributed by atoms with Crippen molar-refractivity contribution in [3.63, 3.8) is 0 Å². The number of alkyl carbamates (subject to hydrolysis) is 1. The van der Waals surface area contributed by atoms with Gasteiger partial charge >= 0.3 is 12.2 Å². The molecule has 0 aliphatic rings. The van der Waals surface area contributed by atoms with E-state index in [1.165, 1.54) is 0 Å². The Labute approximate surface area is 293 Å². The largest absolute Gasteiger partial charge is 0.444 e. The first-order chi connectivity index (χ1) is 23.7. The number of guanidine groups is 1. The fourth-order valence-corrected chi connectivity index (χ4v) is 5.14. The van der Waals surface area contributed by atoms with Crippen molar-refractivity contribution in [1.29, 1.82) is 0 Å². The van der Waals surface area contributed by atoms with Gasteiger partial charge in [0, 0.05) is 5.92 Å². The molecule has 0 fully saturated rings. The zero-order chi connectivity index (χ0) is 36.7. The Morgan fingerprint density at radius 1 is 0.780 bits per heavy atom. The summed E-state index contributed by atoms with van der Waals surface area (Å²) >= 11 is 0. The van der Waals surface area contributed by atoms with Crippen LogP contribution in [0.5, 0.6) is 0 Å². The third kappa shape index (κ3) is 14.1. The highest BCUT2D eigenvalue weighted by Crippen LogP contribution is 2.20. The highest BCUT2D eigenvalue weighted by molar-refractivity contribution is 6.03. The first-order valence-corrected chi connectivity index (χ1v) is 16.6. The van der Waals surface area contributed by atoms with Gasteiger partial charge in [0.05, 0.1) is 12.1 Å². The molecule has 3 aromatic rings. The minimum atomic E-state index is -1.17. The number of nitrogens with one attached hydrogen (secondary N) is 3. The number of aliphatic hydroxyl groups is 1. The van der Waals surface area contributed by atoms with Crippen molar-refractivity contribution < 1.29 is 33.8 Å². The minimum absolute atomic E-state index is 0.0246. The van der Waals surface area contributed by atoms with Crippen LogP contribution in [0.15, 0.2) is 96.0 Å². The van der Waals surface area contributed by atoms with E-state index in [1.807, 2.05) is 66.7 Å². The Morgan fingerprint density at radius 2 is 1.30 bits per heavy atom. The molecular weight excluding hydrogens is 638 g/mol. The summed E-state index contributed by atoms with van der Waals surface area (Å²) in [5.41, 5.74) is 7.55. The van der Waals surface area contributed by atoms with Crippen molar-refractivity contribution >= 4 is 30.0 Å². The summed E-state index contributed by atoms with van der Waals surface area (Å²) in [5, 5.41) is 19.6. The molecule has 0 saturated carbocycles. The monoisotopic (exact) mass is 687 g/mol. The van der Waals surface area contributed by atoms with Crippen LogP contribution in [0.2, 0.25) is 0 Å². The first-order valence-electron chi connectivity index (χ1n) is 16.6. The second-order valence-corrected chi connectivity index (χ2v) is 13.4. The number of hydrogen-bond donors (Lipinski definition) is 5. The third-order valence-corrected chi connectivity index (χ3v) is 7.60. The predicted octanol–water partition coefficient (Wildman–Crippen LogP) is 4.64. The fraction of sp³-hybridized carbons (Fsp3) is 0.395. The lowest BCUT2D eigenvalue weighted by Crippen LogP contribution is -2.54. The highest BCUT2D eigenvalue weighted by atomic mass is 16.6. The fourth-order valence-electron chi connectivity index (χ4n) is 5.14. The molecule has 3 aromatic carbocycles. The van der Waals surface area contributed by atoms with Gasteiger partial charge < -0.3 is 30.9 Å². The van der Waals surface area contributed by atoms with E-state index in [-0.39, 0.29) is 25.9 Å². The molecule has 0 spiro atoms. The smallest absolute Gasteiger partial charge is 0.437 e. The van der Waals surface area contributed by atoms with Gasteiger partial charge in [0.1, 0.15) is 18.2 Å². The molecule has 4 atom stereocenters. The molecule has 50 heavy (non-hydrogen) atoms. The number of aliphatic imine (C=N–C) groups is 1. The second-order valence-electron chi connectivity index (χ2n) is 13.4. The highest BCUT2D eigenvalue weighted by Gasteiger charge is 2.33. The molecule has 3 rings (SSSR count). The molecule has 0 bridgehead atoms. The quantitative estimate of drug-likeness (QED) is 0.120. The van der Waals surface area contributed by atoms with Gasteiger partial charge in [-0.3, -0.25) is 14.9 Å². The molecule has 0 heterocycles. The van der Waals surface area contributed by atoms with Crippen molar-refractivity contribution in [3.8, 4) is 0 Å². The normalized spacial score (nSPS) is 14.1. The van der Waals surface area contributed by atoms with Gasteiger partial charge in [-0.25, -0.2) is 9.59 Å². The maximum absolute atomic E-state index is 13.9. The second kappa shape index (κ2) is 19.1. The van der Waals surface area contributed by atoms with E-state index in [1.54, 1.807) is 58.9 Å². The number of rotatable bonds is 14. The number of nitrogens with two attached hydrogens (primary N) is 1. The average Bonchev–Trinajstić information content (AvgIpc) is 3.05. The molecule has 0 saturated heterocycles. The van der Waals surface area contributed by atoms with Gasteiger partial charge in [-0.1, -0.05) is 105 Å². The first kappa shape index (κ1) is 39.2. The average molecular weight is 688 g/mol. The summed E-state index contributed by atoms with van der Waals surface area (Å²) in [6.07, 6.45) is -2.36. The van der Waals surface area contributed by atoms with Crippen LogP contribution in [0.25, 0.3) is 0 Å². The van der Waals surface area contributed by atoms with Crippen LogP contribution in [-0.2, 0) is 38.5 Å². The maximum atomic E-state index is 13.9. The minimum Gasteiger partial charge on any atom is -0.444 e. The number of carbonyl (C=O) groups excluding carboxylic acids is 4. The van der Waals surface area contributed by atoms with E-state index in [0.717, 1.165) is 16.7 Å². The molecule has 12 nitrogen and oxygen atoms in total. The van der Waals surface area contributed by atoms with E-state index >= 15 is 0 Å². The topological polar surface area (TPSA) is 181 Å². The lowest BCUT2D eigenvalue weighted by molar-refractivity contribution is -0.132.